The number of carboxylic acid groups (broad SMARTS) is 1. The van der Waals surface area contributed by atoms with Gasteiger partial charge in [0.05, 0.1) is 18.6 Å². The van der Waals surface area contributed by atoms with E-state index in [-0.39, 0.29) is 11.5 Å². The van der Waals surface area contributed by atoms with E-state index in [4.69, 9.17) is 4.74 Å². The summed E-state index contributed by atoms with van der Waals surface area (Å²) in [6.07, 6.45) is 9.33. The Morgan fingerprint density at radius 3 is 2.12 bits per heavy atom. The number of benzene rings is 2. The van der Waals surface area contributed by atoms with E-state index in [1.165, 1.54) is 18.4 Å². The number of aliphatic carboxylic acids is 1. The number of ether oxygens (including phenoxy) is 1. The Kier molecular flexibility index (Phi) is 13.3. The minimum Gasteiger partial charge on any atom is -0.493 e. The first-order valence-corrected chi connectivity index (χ1v) is 15.1. The van der Waals surface area contributed by atoms with E-state index in [1.54, 1.807) is 36.2 Å². The third-order valence-electron chi connectivity index (χ3n) is 7.80. The average molecular weight is 580 g/mol. The Labute approximate surface area is 249 Å². The fourth-order valence-corrected chi connectivity index (χ4v) is 5.17. The van der Waals surface area contributed by atoms with Gasteiger partial charge in [0.15, 0.2) is 0 Å². The summed E-state index contributed by atoms with van der Waals surface area (Å²) in [7, 11) is 3.27. The topological polar surface area (TPSA) is 116 Å². The molecule has 1 heterocycles. The zero-order valence-electron chi connectivity index (χ0n) is 24.9. The van der Waals surface area contributed by atoms with Crippen molar-refractivity contribution in [3.63, 3.8) is 0 Å². The number of amides is 3. The van der Waals surface area contributed by atoms with Gasteiger partial charge in [-0.25, -0.2) is 4.79 Å². The maximum absolute atomic E-state index is 13.6. The average Bonchev–Trinajstić information content (AvgIpc) is 2.99. The molecule has 9 heteroatoms. The van der Waals surface area contributed by atoms with Gasteiger partial charge in [0.1, 0.15) is 17.8 Å². The summed E-state index contributed by atoms with van der Waals surface area (Å²) in [5.74, 6) is -2.35. The van der Waals surface area contributed by atoms with Crippen molar-refractivity contribution in [2.24, 2.45) is 0 Å². The Balaban J connectivity index is 1.82. The number of fused-ring (bicyclic) bond motifs is 1. The summed E-state index contributed by atoms with van der Waals surface area (Å²) in [4.78, 5) is 55.3. The molecule has 2 aromatic carbocycles. The molecule has 0 aromatic heterocycles. The lowest BCUT2D eigenvalue weighted by Gasteiger charge is -2.32. The molecule has 0 radical (unpaired) electrons. The molecule has 3 rings (SSSR count). The minimum atomic E-state index is -1.48. The van der Waals surface area contributed by atoms with Gasteiger partial charge in [-0.1, -0.05) is 87.4 Å². The van der Waals surface area contributed by atoms with Gasteiger partial charge in [-0.15, -0.1) is 0 Å². The number of rotatable bonds is 3. The van der Waals surface area contributed by atoms with Crippen LogP contribution >= 0.6 is 0 Å². The van der Waals surface area contributed by atoms with Crippen molar-refractivity contribution in [2.45, 2.75) is 82.7 Å². The number of carbonyl (C=O) groups excluding carboxylic acids is 3. The first-order valence-electron chi connectivity index (χ1n) is 15.1. The molecule has 228 valence electrons. The highest BCUT2D eigenvalue weighted by molar-refractivity contribution is 6.00. The number of nitrogens with zero attached hydrogens (tertiary/aromatic N) is 2. The molecule has 3 amide bonds. The number of hydrogen-bond acceptors (Lipinski definition) is 5. The molecule has 0 aliphatic carbocycles. The highest BCUT2D eigenvalue weighted by Crippen LogP contribution is 2.20. The summed E-state index contributed by atoms with van der Waals surface area (Å²) < 4.78 is 5.89. The number of likely N-dealkylation sites (N-methyl/N-ethyl adjacent to an activating group) is 2. The molecule has 1 aliphatic rings. The lowest BCUT2D eigenvalue weighted by atomic mass is 10.0. The number of carboxylic acids is 1. The fourth-order valence-electron chi connectivity index (χ4n) is 5.17. The van der Waals surface area contributed by atoms with Crippen LogP contribution in [-0.4, -0.2) is 77.9 Å². The summed E-state index contributed by atoms with van der Waals surface area (Å²) >= 11 is 0. The Hall–Kier alpha value is -3.88. The van der Waals surface area contributed by atoms with Gasteiger partial charge >= 0.3 is 5.97 Å². The first kappa shape index (κ1) is 32.6. The fraction of sp³-hybridized carbons (Fsp3) is 0.515. The molecule has 1 aliphatic heterocycles. The first-order chi connectivity index (χ1) is 20.3. The van der Waals surface area contributed by atoms with E-state index < -0.39 is 36.3 Å². The maximum Gasteiger partial charge on any atom is 0.326 e. The molecule has 0 spiro atoms. The molecule has 9 nitrogen and oxygen atoms in total. The Morgan fingerprint density at radius 1 is 0.857 bits per heavy atom. The quantitative estimate of drug-likeness (QED) is 0.545. The SMILES string of the molecule is CN1CCCCCCCCCCCOc2ccccc2C(=O)N[C@H](C(=O)O)CC(=O)N(C)[C@@H](Cc2ccccc2)C1=O. The maximum atomic E-state index is 13.6. The molecule has 2 aromatic rings. The third-order valence-corrected chi connectivity index (χ3v) is 7.80. The predicted molar refractivity (Wildman–Crippen MR) is 161 cm³/mol. The van der Waals surface area contributed by atoms with E-state index in [0.29, 0.717) is 25.3 Å². The molecular weight excluding hydrogens is 534 g/mol. The highest BCUT2D eigenvalue weighted by Gasteiger charge is 2.33. The molecule has 0 saturated heterocycles. The number of hydrogen-bond donors (Lipinski definition) is 2. The number of para-hydroxylation sites is 1. The van der Waals surface area contributed by atoms with E-state index in [0.717, 1.165) is 56.9 Å². The second-order valence-corrected chi connectivity index (χ2v) is 11.1. The van der Waals surface area contributed by atoms with Crippen LogP contribution in [0.4, 0.5) is 0 Å². The van der Waals surface area contributed by atoms with Crippen LogP contribution < -0.4 is 10.1 Å². The van der Waals surface area contributed by atoms with E-state index >= 15 is 0 Å². The molecule has 42 heavy (non-hydrogen) atoms. The molecule has 0 unspecified atom stereocenters. The van der Waals surface area contributed by atoms with Crippen molar-refractivity contribution >= 4 is 23.7 Å². The van der Waals surface area contributed by atoms with Crippen LogP contribution in [0.5, 0.6) is 5.75 Å². The smallest absolute Gasteiger partial charge is 0.326 e. The van der Waals surface area contributed by atoms with Crippen LogP contribution in [0, 0.1) is 0 Å². The second kappa shape index (κ2) is 17.2. The van der Waals surface area contributed by atoms with Crippen molar-refractivity contribution in [3.8, 4) is 5.75 Å². The molecule has 0 saturated carbocycles. The summed E-state index contributed by atoms with van der Waals surface area (Å²) in [6, 6.07) is 13.8. The zero-order chi connectivity index (χ0) is 30.3. The van der Waals surface area contributed by atoms with Crippen LogP contribution in [0.2, 0.25) is 0 Å². The van der Waals surface area contributed by atoms with Crippen LogP contribution in [0.3, 0.4) is 0 Å². The van der Waals surface area contributed by atoms with Crippen molar-refractivity contribution in [1.29, 1.82) is 0 Å². The van der Waals surface area contributed by atoms with Gasteiger partial charge in [0.25, 0.3) is 5.91 Å². The van der Waals surface area contributed by atoms with Gasteiger partial charge in [0.2, 0.25) is 11.8 Å². The zero-order valence-corrected chi connectivity index (χ0v) is 24.9. The molecule has 2 N–H and O–H groups in total. The molecule has 2 atom stereocenters. The Morgan fingerprint density at radius 2 is 1.45 bits per heavy atom. The van der Waals surface area contributed by atoms with Crippen molar-refractivity contribution in [3.05, 3.63) is 65.7 Å². The van der Waals surface area contributed by atoms with E-state index in [2.05, 4.69) is 5.32 Å². The van der Waals surface area contributed by atoms with Crippen LogP contribution in [-0.2, 0) is 20.8 Å². The van der Waals surface area contributed by atoms with Crippen LogP contribution in [0.25, 0.3) is 0 Å². The Bertz CT molecular complexity index is 1170. The monoisotopic (exact) mass is 579 g/mol. The lowest BCUT2D eigenvalue weighted by molar-refractivity contribution is -0.146. The minimum absolute atomic E-state index is 0.199. The summed E-state index contributed by atoms with van der Waals surface area (Å²) in [5, 5.41) is 12.4. The van der Waals surface area contributed by atoms with Gasteiger partial charge < -0.3 is 25.0 Å². The third kappa shape index (κ3) is 10.2. The van der Waals surface area contributed by atoms with Gasteiger partial charge in [-0.3, -0.25) is 14.4 Å². The van der Waals surface area contributed by atoms with E-state index in [1.807, 2.05) is 30.3 Å². The van der Waals surface area contributed by atoms with Gasteiger partial charge in [-0.2, -0.15) is 0 Å². The predicted octanol–water partition coefficient (Wildman–Crippen LogP) is 4.69. The lowest BCUT2D eigenvalue weighted by Crippen LogP contribution is -2.52. The standard InChI is InChI=1S/C33H45N3O6/c1-35-21-15-8-6-4-3-5-7-9-16-22-42-29-20-14-13-19-26(29)31(38)34-27(33(40)41)24-30(37)36(2)28(32(35)39)23-25-17-11-10-12-18-25/h10-14,17-20,27-28H,3-9,15-16,21-24H2,1-2H3,(H,34,38)(H,40,41)/t27-,28-/m0/s1. The van der Waals surface area contributed by atoms with Crippen LogP contribution in [0.15, 0.2) is 54.6 Å². The summed E-state index contributed by atoms with van der Waals surface area (Å²) in [6.45, 7) is 1.04. The highest BCUT2D eigenvalue weighted by atomic mass is 16.5. The van der Waals surface area contributed by atoms with Gasteiger partial charge in [0, 0.05) is 27.1 Å². The number of carbonyl (C=O) groups is 4. The van der Waals surface area contributed by atoms with Crippen molar-refractivity contribution in [1.82, 2.24) is 15.1 Å². The number of nitrogens with one attached hydrogen (secondary N) is 1. The molecule has 0 bridgehead atoms. The molecular formula is C33H45N3O6. The molecule has 0 fully saturated rings. The van der Waals surface area contributed by atoms with Crippen molar-refractivity contribution in [2.75, 3.05) is 27.2 Å². The summed E-state index contributed by atoms with van der Waals surface area (Å²) in [5.41, 5.74) is 1.10. The normalized spacial score (nSPS) is 21.1. The largest absolute Gasteiger partial charge is 0.493 e. The second-order valence-electron chi connectivity index (χ2n) is 11.1. The van der Waals surface area contributed by atoms with Gasteiger partial charge in [-0.05, 0) is 30.5 Å². The van der Waals surface area contributed by atoms with E-state index in [9.17, 15) is 24.3 Å². The van der Waals surface area contributed by atoms with Crippen LogP contribution in [0.1, 0.15) is 80.1 Å². The van der Waals surface area contributed by atoms with Crippen molar-refractivity contribution < 1.29 is 29.0 Å².